The van der Waals surface area contributed by atoms with Gasteiger partial charge in [-0.3, -0.25) is 4.79 Å². The summed E-state index contributed by atoms with van der Waals surface area (Å²) in [6.45, 7) is 3.87. The molecular weight excluding hydrogens is 296 g/mol. The van der Waals surface area contributed by atoms with Crippen LogP contribution in [0, 0.1) is 0 Å². The van der Waals surface area contributed by atoms with Crippen molar-refractivity contribution in [1.82, 2.24) is 24.9 Å². The van der Waals surface area contributed by atoms with Crippen LogP contribution in [0.15, 0.2) is 12.4 Å². The van der Waals surface area contributed by atoms with Crippen molar-refractivity contribution in [2.45, 2.75) is 13.0 Å². The van der Waals surface area contributed by atoms with Gasteiger partial charge in [-0.05, 0) is 6.92 Å². The molecule has 0 saturated carbocycles. The second-order valence-corrected chi connectivity index (χ2v) is 4.97. The minimum atomic E-state index is -0.426. The molecule has 0 radical (unpaired) electrons. The van der Waals surface area contributed by atoms with Crippen LogP contribution in [-0.4, -0.2) is 57.8 Å². The van der Waals surface area contributed by atoms with Crippen molar-refractivity contribution < 1.29 is 9.53 Å². The van der Waals surface area contributed by atoms with Crippen LogP contribution >= 0.6 is 11.6 Å². The van der Waals surface area contributed by atoms with Gasteiger partial charge in [0.05, 0.1) is 13.2 Å². The number of ether oxygens (including phenoxy) is 1. The number of carbonyl (C=O) groups is 1. The fraction of sp³-hybridized carbons (Fsp3) is 0.500. The van der Waals surface area contributed by atoms with E-state index in [2.05, 4.69) is 20.4 Å². The smallest absolute Gasteiger partial charge is 0.255 e. The van der Waals surface area contributed by atoms with Crippen molar-refractivity contribution in [2.24, 2.45) is 0 Å². The maximum absolute atomic E-state index is 12.2. The van der Waals surface area contributed by atoms with Crippen LogP contribution in [0.2, 0.25) is 5.15 Å². The van der Waals surface area contributed by atoms with Gasteiger partial charge >= 0.3 is 0 Å². The third-order valence-electron chi connectivity index (χ3n) is 3.28. The van der Waals surface area contributed by atoms with Gasteiger partial charge < -0.3 is 15.0 Å². The van der Waals surface area contributed by atoms with Gasteiger partial charge in [0.2, 0.25) is 5.91 Å². The van der Waals surface area contributed by atoms with Crippen molar-refractivity contribution in [3.8, 4) is 0 Å². The summed E-state index contributed by atoms with van der Waals surface area (Å²) in [5.74, 6) is 0.999. The summed E-state index contributed by atoms with van der Waals surface area (Å²) < 4.78 is 7.00. The summed E-state index contributed by atoms with van der Waals surface area (Å²) in [5.41, 5.74) is 0. The monoisotopic (exact) mass is 310 g/mol. The fourth-order valence-corrected chi connectivity index (χ4v) is 2.53. The summed E-state index contributed by atoms with van der Waals surface area (Å²) in [6.07, 6.45) is 1.41. The third-order valence-corrected chi connectivity index (χ3v) is 3.47. The van der Waals surface area contributed by atoms with Gasteiger partial charge in [-0.1, -0.05) is 11.6 Å². The number of fused-ring (bicyclic) bond motifs is 1. The number of anilines is 1. The SMILES string of the molecule is CCNC(=O)C1COCCN1c1cc(Cl)nc2ncnn12. The first-order valence-electron chi connectivity index (χ1n) is 6.69. The molecule has 8 nitrogen and oxygen atoms in total. The highest BCUT2D eigenvalue weighted by molar-refractivity contribution is 6.29. The maximum atomic E-state index is 12.2. The van der Waals surface area contributed by atoms with Crippen molar-refractivity contribution >= 4 is 29.1 Å². The molecular formula is C12H15ClN6O2. The average Bonchev–Trinajstić information content (AvgIpc) is 2.94. The van der Waals surface area contributed by atoms with E-state index in [0.29, 0.717) is 43.1 Å². The number of rotatable bonds is 3. The summed E-state index contributed by atoms with van der Waals surface area (Å²) in [7, 11) is 0. The lowest BCUT2D eigenvalue weighted by Crippen LogP contribution is -2.54. The number of carbonyl (C=O) groups excluding carboxylic acids is 1. The van der Waals surface area contributed by atoms with E-state index in [1.807, 2.05) is 11.8 Å². The molecule has 1 N–H and O–H groups in total. The molecule has 3 heterocycles. The maximum Gasteiger partial charge on any atom is 0.255 e. The Kier molecular flexibility index (Phi) is 3.89. The van der Waals surface area contributed by atoms with E-state index >= 15 is 0 Å². The van der Waals surface area contributed by atoms with Crippen LogP contribution in [0.25, 0.3) is 5.78 Å². The lowest BCUT2D eigenvalue weighted by molar-refractivity contribution is -0.124. The van der Waals surface area contributed by atoms with Crippen molar-refractivity contribution in [3.63, 3.8) is 0 Å². The van der Waals surface area contributed by atoms with Gasteiger partial charge in [-0.15, -0.1) is 0 Å². The van der Waals surface area contributed by atoms with Gasteiger partial charge in [-0.2, -0.15) is 19.6 Å². The lowest BCUT2D eigenvalue weighted by atomic mass is 10.2. The molecule has 1 aliphatic heterocycles. The van der Waals surface area contributed by atoms with E-state index in [0.717, 1.165) is 0 Å². The fourth-order valence-electron chi connectivity index (χ4n) is 2.36. The van der Waals surface area contributed by atoms with Crippen LogP contribution in [0.4, 0.5) is 5.82 Å². The molecule has 9 heteroatoms. The normalized spacial score (nSPS) is 19.0. The third kappa shape index (κ3) is 2.64. The number of halogens is 1. The summed E-state index contributed by atoms with van der Waals surface area (Å²) in [6, 6.07) is 1.26. The first kappa shape index (κ1) is 14.0. The highest BCUT2D eigenvalue weighted by Gasteiger charge is 2.31. The Morgan fingerprint density at radius 2 is 2.48 bits per heavy atom. The Balaban J connectivity index is 2.02. The first-order valence-corrected chi connectivity index (χ1v) is 7.07. The van der Waals surface area contributed by atoms with E-state index in [-0.39, 0.29) is 5.91 Å². The lowest BCUT2D eigenvalue weighted by Gasteiger charge is -2.35. The van der Waals surface area contributed by atoms with Crippen LogP contribution in [0.1, 0.15) is 6.92 Å². The number of hydrogen-bond acceptors (Lipinski definition) is 6. The molecule has 1 atom stereocenters. The zero-order valence-corrected chi connectivity index (χ0v) is 12.2. The van der Waals surface area contributed by atoms with Gasteiger partial charge in [-0.25, -0.2) is 0 Å². The predicted octanol–water partition coefficient (Wildman–Crippen LogP) is 0.119. The van der Waals surface area contributed by atoms with Gasteiger partial charge in [0, 0.05) is 19.2 Å². The molecule has 1 fully saturated rings. The number of nitrogens with one attached hydrogen (secondary N) is 1. The quantitative estimate of drug-likeness (QED) is 0.811. The summed E-state index contributed by atoms with van der Waals surface area (Å²) in [5, 5.41) is 7.27. The molecule has 1 aliphatic rings. The molecule has 1 amide bonds. The minimum absolute atomic E-state index is 0.0848. The molecule has 2 aromatic rings. The van der Waals surface area contributed by atoms with Gasteiger partial charge in [0.15, 0.2) is 0 Å². The molecule has 0 spiro atoms. The van der Waals surface area contributed by atoms with Crippen LogP contribution in [0.5, 0.6) is 0 Å². The van der Waals surface area contributed by atoms with Crippen LogP contribution < -0.4 is 10.2 Å². The Bertz CT molecular complexity index is 660. The van der Waals surface area contributed by atoms with Crippen molar-refractivity contribution in [1.29, 1.82) is 0 Å². The molecule has 0 aromatic carbocycles. The molecule has 21 heavy (non-hydrogen) atoms. The summed E-state index contributed by atoms with van der Waals surface area (Å²) in [4.78, 5) is 22.3. The molecule has 1 unspecified atom stereocenters. The molecule has 0 bridgehead atoms. The van der Waals surface area contributed by atoms with Crippen molar-refractivity contribution in [3.05, 3.63) is 17.5 Å². The number of likely N-dealkylation sites (N-methyl/N-ethyl adjacent to an activating group) is 1. The van der Waals surface area contributed by atoms with Crippen molar-refractivity contribution in [2.75, 3.05) is 31.2 Å². The number of nitrogens with zero attached hydrogens (tertiary/aromatic N) is 5. The van der Waals surface area contributed by atoms with E-state index in [1.165, 1.54) is 6.33 Å². The number of amides is 1. The topological polar surface area (TPSA) is 84.6 Å². The highest BCUT2D eigenvalue weighted by Crippen LogP contribution is 2.22. The Morgan fingerprint density at radius 1 is 1.62 bits per heavy atom. The second-order valence-electron chi connectivity index (χ2n) is 4.59. The van der Waals surface area contributed by atoms with E-state index in [9.17, 15) is 4.79 Å². The summed E-state index contributed by atoms with van der Waals surface area (Å²) >= 11 is 6.04. The van der Waals surface area contributed by atoms with E-state index < -0.39 is 6.04 Å². The molecule has 112 valence electrons. The molecule has 1 saturated heterocycles. The van der Waals surface area contributed by atoms with E-state index in [1.54, 1.807) is 10.6 Å². The zero-order valence-electron chi connectivity index (χ0n) is 11.5. The largest absolute Gasteiger partial charge is 0.377 e. The molecule has 2 aromatic heterocycles. The minimum Gasteiger partial charge on any atom is -0.377 e. The van der Waals surface area contributed by atoms with Crippen LogP contribution in [-0.2, 0) is 9.53 Å². The van der Waals surface area contributed by atoms with Gasteiger partial charge in [0.25, 0.3) is 5.78 Å². The number of aromatic nitrogens is 4. The Labute approximate surface area is 126 Å². The second kappa shape index (κ2) is 5.82. The van der Waals surface area contributed by atoms with Crippen LogP contribution in [0.3, 0.4) is 0 Å². The zero-order chi connectivity index (χ0) is 14.8. The highest BCUT2D eigenvalue weighted by atomic mass is 35.5. The van der Waals surface area contributed by atoms with E-state index in [4.69, 9.17) is 16.3 Å². The standard InChI is InChI=1S/C12H15ClN6O2/c1-2-14-11(20)8-6-21-4-3-18(8)10-5-9(13)17-12-15-7-16-19(10)12/h5,7-8H,2-4,6H2,1H3,(H,14,20). The molecule has 0 aliphatic carbocycles. The Morgan fingerprint density at radius 3 is 3.29 bits per heavy atom. The predicted molar refractivity (Wildman–Crippen MR) is 76.4 cm³/mol. The Hall–Kier alpha value is -1.93. The average molecular weight is 311 g/mol. The van der Waals surface area contributed by atoms with Gasteiger partial charge in [0.1, 0.15) is 23.3 Å². The molecule has 3 rings (SSSR count). The number of morpholine rings is 1. The number of hydrogen-bond donors (Lipinski definition) is 1. The first-order chi connectivity index (χ1) is 10.2.